The van der Waals surface area contributed by atoms with Crippen LogP contribution in [0.5, 0.6) is 0 Å². The highest BCUT2D eigenvalue weighted by atomic mass is 16.6. The van der Waals surface area contributed by atoms with Gasteiger partial charge in [-0.05, 0) is 19.4 Å². The van der Waals surface area contributed by atoms with Crippen molar-refractivity contribution in [3.63, 3.8) is 0 Å². The quantitative estimate of drug-likeness (QED) is 0.592. The molecule has 0 aliphatic rings. The molecule has 0 saturated carbocycles. The minimum absolute atomic E-state index is 0.132. The average molecular weight is 294 g/mol. The Balaban J connectivity index is 2.95. The van der Waals surface area contributed by atoms with E-state index in [1.165, 1.54) is 25.1 Å². The van der Waals surface area contributed by atoms with Gasteiger partial charge in [0, 0.05) is 23.2 Å². The van der Waals surface area contributed by atoms with Crippen LogP contribution in [-0.2, 0) is 4.79 Å². The molecule has 0 fully saturated rings. The van der Waals surface area contributed by atoms with Gasteiger partial charge in [0.05, 0.1) is 11.3 Å². The van der Waals surface area contributed by atoms with E-state index in [9.17, 15) is 19.7 Å². The number of nitrogens with one attached hydrogen (secondary N) is 1. The van der Waals surface area contributed by atoms with E-state index in [4.69, 9.17) is 5.11 Å². The molecule has 1 aromatic carbocycles. The van der Waals surface area contributed by atoms with E-state index in [0.29, 0.717) is 6.42 Å². The molecule has 1 amide bonds. The van der Waals surface area contributed by atoms with Crippen LogP contribution in [0.15, 0.2) is 18.2 Å². The zero-order valence-corrected chi connectivity index (χ0v) is 12.0. The van der Waals surface area contributed by atoms with E-state index in [-0.39, 0.29) is 23.2 Å². The van der Waals surface area contributed by atoms with Crippen molar-refractivity contribution >= 4 is 17.6 Å². The van der Waals surface area contributed by atoms with Crippen molar-refractivity contribution in [1.29, 1.82) is 0 Å². The number of hydrogen-bond acceptors (Lipinski definition) is 4. The summed E-state index contributed by atoms with van der Waals surface area (Å²) in [7, 11) is 0. The Morgan fingerprint density at radius 3 is 2.62 bits per heavy atom. The van der Waals surface area contributed by atoms with Gasteiger partial charge in [0.2, 0.25) is 0 Å². The summed E-state index contributed by atoms with van der Waals surface area (Å²) < 4.78 is 0. The van der Waals surface area contributed by atoms with Crippen LogP contribution >= 0.6 is 0 Å². The lowest BCUT2D eigenvalue weighted by Crippen LogP contribution is -2.36. The first kappa shape index (κ1) is 16.6. The summed E-state index contributed by atoms with van der Waals surface area (Å²) in [5.74, 6) is -1.49. The first-order valence-corrected chi connectivity index (χ1v) is 6.63. The fourth-order valence-electron chi connectivity index (χ4n) is 2.11. The molecule has 0 aliphatic heterocycles. The molecule has 0 aliphatic carbocycles. The van der Waals surface area contributed by atoms with Crippen LogP contribution < -0.4 is 5.32 Å². The van der Waals surface area contributed by atoms with E-state index >= 15 is 0 Å². The van der Waals surface area contributed by atoms with Crippen LogP contribution in [0.2, 0.25) is 0 Å². The Kier molecular flexibility index (Phi) is 5.83. The minimum atomic E-state index is -0.996. The fraction of sp³-hybridized carbons (Fsp3) is 0.429. The molecule has 21 heavy (non-hydrogen) atoms. The summed E-state index contributed by atoms with van der Waals surface area (Å²) in [6, 6.07) is 3.76. The van der Waals surface area contributed by atoms with Crippen LogP contribution in [-0.4, -0.2) is 27.9 Å². The number of benzene rings is 1. The second-order valence-electron chi connectivity index (χ2n) is 4.76. The summed E-state index contributed by atoms with van der Waals surface area (Å²) in [5.41, 5.74) is 0.328. The number of nitro benzene ring substituents is 1. The Bertz CT molecular complexity index is 556. The third-order valence-electron chi connectivity index (χ3n) is 3.14. The van der Waals surface area contributed by atoms with Crippen molar-refractivity contribution in [2.45, 2.75) is 39.2 Å². The predicted molar refractivity (Wildman–Crippen MR) is 76.2 cm³/mol. The molecule has 0 bridgehead atoms. The molecule has 0 aromatic heterocycles. The average Bonchev–Trinajstić information content (AvgIpc) is 2.37. The fourth-order valence-corrected chi connectivity index (χ4v) is 2.11. The van der Waals surface area contributed by atoms with E-state index in [2.05, 4.69) is 5.32 Å². The van der Waals surface area contributed by atoms with E-state index < -0.39 is 22.8 Å². The number of carboxylic acids is 1. The Morgan fingerprint density at radius 1 is 1.43 bits per heavy atom. The van der Waals surface area contributed by atoms with Gasteiger partial charge < -0.3 is 10.4 Å². The summed E-state index contributed by atoms with van der Waals surface area (Å²) >= 11 is 0. The van der Waals surface area contributed by atoms with Gasteiger partial charge in [-0.3, -0.25) is 19.7 Å². The molecule has 1 atom stereocenters. The predicted octanol–water partition coefficient (Wildman–Crippen LogP) is 2.28. The number of aliphatic carboxylic acids is 1. The van der Waals surface area contributed by atoms with Crippen molar-refractivity contribution in [3.8, 4) is 0 Å². The molecule has 7 heteroatoms. The molecule has 0 saturated heterocycles. The van der Waals surface area contributed by atoms with Crippen LogP contribution in [0, 0.1) is 17.0 Å². The zero-order chi connectivity index (χ0) is 16.0. The van der Waals surface area contributed by atoms with Gasteiger partial charge in [-0.25, -0.2) is 0 Å². The number of amides is 1. The van der Waals surface area contributed by atoms with Crippen LogP contribution in [0.4, 0.5) is 5.69 Å². The highest BCUT2D eigenvalue weighted by molar-refractivity contribution is 5.96. The Labute approximate surface area is 122 Å². The number of carbonyl (C=O) groups excluding carboxylic acids is 1. The number of nitrogens with zero attached hydrogens (tertiary/aromatic N) is 1. The smallest absolute Gasteiger partial charge is 0.305 e. The topological polar surface area (TPSA) is 110 Å². The molecule has 0 spiro atoms. The van der Waals surface area contributed by atoms with Gasteiger partial charge in [0.15, 0.2) is 0 Å². The zero-order valence-electron chi connectivity index (χ0n) is 12.0. The molecule has 7 nitrogen and oxygen atoms in total. The molecule has 1 rings (SSSR count). The maximum absolute atomic E-state index is 12.2. The molecule has 0 radical (unpaired) electrons. The summed E-state index contributed by atoms with van der Waals surface area (Å²) in [6.45, 7) is 3.39. The van der Waals surface area contributed by atoms with Gasteiger partial charge in [-0.2, -0.15) is 0 Å². The number of rotatable bonds is 7. The summed E-state index contributed by atoms with van der Waals surface area (Å²) in [4.78, 5) is 33.3. The highest BCUT2D eigenvalue weighted by Gasteiger charge is 2.21. The number of carboxylic acid groups (broad SMARTS) is 1. The maximum atomic E-state index is 12.2. The number of nitro groups is 1. The third kappa shape index (κ3) is 4.55. The first-order valence-electron chi connectivity index (χ1n) is 6.63. The molecule has 1 unspecified atom stereocenters. The van der Waals surface area contributed by atoms with Crippen LogP contribution in [0.1, 0.15) is 42.1 Å². The van der Waals surface area contributed by atoms with Gasteiger partial charge >= 0.3 is 5.97 Å². The van der Waals surface area contributed by atoms with E-state index in [1.807, 2.05) is 6.92 Å². The Hall–Kier alpha value is -2.44. The number of carbonyl (C=O) groups is 2. The molecule has 1 aromatic rings. The van der Waals surface area contributed by atoms with Crippen molar-refractivity contribution in [1.82, 2.24) is 5.32 Å². The standard InChI is InChI=1S/C14H18N2O5/c1-3-5-10(8-13(17)18)15-14(19)11-6-4-7-12(9(11)2)16(20)21/h4,6-7,10H,3,5,8H2,1-2H3,(H,15,19)(H,17,18). The van der Waals surface area contributed by atoms with Crippen molar-refractivity contribution < 1.29 is 19.6 Å². The van der Waals surface area contributed by atoms with Crippen molar-refractivity contribution in [2.24, 2.45) is 0 Å². The lowest BCUT2D eigenvalue weighted by Gasteiger charge is -2.16. The van der Waals surface area contributed by atoms with Gasteiger partial charge in [-0.1, -0.05) is 19.4 Å². The maximum Gasteiger partial charge on any atom is 0.305 e. The van der Waals surface area contributed by atoms with Crippen molar-refractivity contribution in [3.05, 3.63) is 39.4 Å². The summed E-state index contributed by atoms with van der Waals surface area (Å²) in [6.07, 6.45) is 1.09. The highest BCUT2D eigenvalue weighted by Crippen LogP contribution is 2.21. The number of hydrogen-bond donors (Lipinski definition) is 2. The van der Waals surface area contributed by atoms with Gasteiger partial charge in [0.1, 0.15) is 0 Å². The molecular formula is C14H18N2O5. The monoisotopic (exact) mass is 294 g/mol. The SMILES string of the molecule is CCCC(CC(=O)O)NC(=O)c1cccc([N+](=O)[O-])c1C. The normalized spacial score (nSPS) is 11.7. The molecule has 2 N–H and O–H groups in total. The molecule has 0 heterocycles. The first-order chi connectivity index (χ1) is 9.86. The summed E-state index contributed by atoms with van der Waals surface area (Å²) in [5, 5.41) is 22.3. The lowest BCUT2D eigenvalue weighted by molar-refractivity contribution is -0.385. The van der Waals surface area contributed by atoms with Gasteiger partial charge in [0.25, 0.3) is 11.6 Å². The van der Waals surface area contributed by atoms with Crippen LogP contribution in [0.3, 0.4) is 0 Å². The van der Waals surface area contributed by atoms with Gasteiger partial charge in [-0.15, -0.1) is 0 Å². The van der Waals surface area contributed by atoms with E-state index in [0.717, 1.165) is 6.42 Å². The lowest BCUT2D eigenvalue weighted by atomic mass is 10.0. The molecule has 114 valence electrons. The van der Waals surface area contributed by atoms with Crippen molar-refractivity contribution in [2.75, 3.05) is 0 Å². The molecular weight excluding hydrogens is 276 g/mol. The largest absolute Gasteiger partial charge is 0.481 e. The van der Waals surface area contributed by atoms with Crippen LogP contribution in [0.25, 0.3) is 0 Å². The third-order valence-corrected chi connectivity index (χ3v) is 3.14. The second-order valence-corrected chi connectivity index (χ2v) is 4.76. The second kappa shape index (κ2) is 7.37. The Morgan fingerprint density at radius 2 is 2.10 bits per heavy atom. The van der Waals surface area contributed by atoms with E-state index in [1.54, 1.807) is 0 Å². The minimum Gasteiger partial charge on any atom is -0.481 e.